The van der Waals surface area contributed by atoms with Crippen molar-refractivity contribution in [1.29, 1.82) is 0 Å². The Labute approximate surface area is 152 Å². The number of aromatic nitrogens is 4. The summed E-state index contributed by atoms with van der Waals surface area (Å²) in [5.41, 5.74) is 1.67. The Kier molecular flexibility index (Phi) is 4.80. The van der Waals surface area contributed by atoms with Crippen LogP contribution in [0.4, 0.5) is 19.0 Å². The van der Waals surface area contributed by atoms with E-state index < -0.39 is 19.2 Å². The third kappa shape index (κ3) is 3.80. The lowest BCUT2D eigenvalue weighted by Gasteiger charge is -2.15. The third-order valence-electron chi connectivity index (χ3n) is 4.20. The van der Waals surface area contributed by atoms with Crippen LogP contribution < -0.4 is 15.4 Å². The van der Waals surface area contributed by atoms with E-state index in [9.17, 15) is 13.2 Å². The standard InChI is InChI=1S/C17H17F3N6O/c18-11-6-21-7-13(11)25-16-3-1-2-12(24-16)14-8-22-17-4-10(5-23-26(14)17)27-9-15(19)20/h1-5,8,11,13,15,21H,6-7,9H2,(H,24,25)/t11-,13-/m0/s1. The number of alkyl halides is 3. The maximum Gasteiger partial charge on any atom is 0.272 e. The second-order valence-electron chi connectivity index (χ2n) is 6.14. The summed E-state index contributed by atoms with van der Waals surface area (Å²) in [4.78, 5) is 8.74. The molecule has 0 spiro atoms. The zero-order valence-electron chi connectivity index (χ0n) is 14.1. The molecule has 7 nitrogen and oxygen atoms in total. The first-order valence-electron chi connectivity index (χ1n) is 8.43. The molecule has 27 heavy (non-hydrogen) atoms. The minimum Gasteiger partial charge on any atom is -0.486 e. The fourth-order valence-electron chi connectivity index (χ4n) is 2.91. The lowest BCUT2D eigenvalue weighted by atomic mass is 10.2. The van der Waals surface area contributed by atoms with Crippen LogP contribution in [0.5, 0.6) is 5.75 Å². The normalized spacial score (nSPS) is 19.7. The average molecular weight is 378 g/mol. The Balaban J connectivity index is 1.57. The molecule has 3 aromatic heterocycles. The number of imidazole rings is 1. The van der Waals surface area contributed by atoms with Crippen molar-refractivity contribution in [1.82, 2.24) is 24.9 Å². The van der Waals surface area contributed by atoms with E-state index in [4.69, 9.17) is 4.74 Å². The number of ether oxygens (including phenoxy) is 1. The van der Waals surface area contributed by atoms with Crippen molar-refractivity contribution >= 4 is 11.5 Å². The van der Waals surface area contributed by atoms with Gasteiger partial charge in [-0.05, 0) is 12.1 Å². The molecule has 1 saturated heterocycles. The summed E-state index contributed by atoms with van der Waals surface area (Å²) >= 11 is 0. The zero-order valence-corrected chi connectivity index (χ0v) is 14.1. The maximum absolute atomic E-state index is 13.8. The van der Waals surface area contributed by atoms with Gasteiger partial charge < -0.3 is 15.4 Å². The van der Waals surface area contributed by atoms with Crippen molar-refractivity contribution in [3.05, 3.63) is 36.7 Å². The van der Waals surface area contributed by atoms with Crippen LogP contribution in [0, 0.1) is 0 Å². The summed E-state index contributed by atoms with van der Waals surface area (Å²) in [5.74, 6) is 0.765. The van der Waals surface area contributed by atoms with Crippen molar-refractivity contribution in [2.24, 2.45) is 0 Å². The van der Waals surface area contributed by atoms with Gasteiger partial charge in [0.15, 0.2) is 5.65 Å². The molecule has 0 amide bonds. The van der Waals surface area contributed by atoms with Gasteiger partial charge in [0.2, 0.25) is 0 Å². The lowest BCUT2D eigenvalue weighted by Crippen LogP contribution is -2.29. The molecule has 2 atom stereocenters. The van der Waals surface area contributed by atoms with Gasteiger partial charge in [0, 0.05) is 19.2 Å². The Morgan fingerprint density at radius 3 is 2.96 bits per heavy atom. The van der Waals surface area contributed by atoms with Crippen molar-refractivity contribution in [3.8, 4) is 17.1 Å². The Bertz CT molecular complexity index is 934. The van der Waals surface area contributed by atoms with Gasteiger partial charge in [-0.25, -0.2) is 27.7 Å². The SMILES string of the molecule is FC(F)COc1cnn2c(-c3cccc(N[C@H]4CNC[C@@H]4F)n3)cnc2c1. The van der Waals surface area contributed by atoms with Gasteiger partial charge in [0.1, 0.15) is 30.0 Å². The van der Waals surface area contributed by atoms with Crippen molar-refractivity contribution in [2.45, 2.75) is 18.6 Å². The highest BCUT2D eigenvalue weighted by molar-refractivity contribution is 5.61. The fraction of sp³-hybridized carbons (Fsp3) is 0.353. The summed E-state index contributed by atoms with van der Waals surface area (Å²) in [6, 6.07) is 6.56. The highest BCUT2D eigenvalue weighted by Gasteiger charge is 2.26. The van der Waals surface area contributed by atoms with Crippen molar-refractivity contribution < 1.29 is 17.9 Å². The average Bonchev–Trinajstić information content (AvgIpc) is 3.26. The number of hydrogen-bond acceptors (Lipinski definition) is 6. The number of pyridine rings is 1. The van der Waals surface area contributed by atoms with E-state index in [0.717, 1.165) is 0 Å². The molecule has 0 aromatic carbocycles. The summed E-state index contributed by atoms with van der Waals surface area (Å²) in [6.07, 6.45) is -0.601. The first kappa shape index (κ1) is 17.5. The molecular weight excluding hydrogens is 361 g/mol. The van der Waals surface area contributed by atoms with Crippen LogP contribution in [-0.4, -0.2) is 57.9 Å². The molecule has 1 aliphatic rings. The number of hydrogen-bond donors (Lipinski definition) is 2. The maximum atomic E-state index is 13.8. The van der Waals surface area contributed by atoms with Gasteiger partial charge in [-0.15, -0.1) is 0 Å². The van der Waals surface area contributed by atoms with Gasteiger partial charge in [0.05, 0.1) is 24.1 Å². The molecule has 3 aromatic rings. The molecule has 4 heterocycles. The first-order chi connectivity index (χ1) is 13.1. The molecule has 2 N–H and O–H groups in total. The van der Waals surface area contributed by atoms with E-state index in [0.29, 0.717) is 35.9 Å². The highest BCUT2D eigenvalue weighted by atomic mass is 19.3. The van der Waals surface area contributed by atoms with E-state index in [2.05, 4.69) is 25.7 Å². The van der Waals surface area contributed by atoms with E-state index in [1.807, 2.05) is 0 Å². The number of anilines is 1. The van der Waals surface area contributed by atoms with Gasteiger partial charge >= 0.3 is 0 Å². The minimum absolute atomic E-state index is 0.214. The molecule has 1 aliphatic heterocycles. The molecular formula is C17H17F3N6O. The molecule has 10 heteroatoms. The lowest BCUT2D eigenvalue weighted by molar-refractivity contribution is 0.0817. The first-order valence-corrected chi connectivity index (χ1v) is 8.43. The number of nitrogens with zero attached hydrogens (tertiary/aromatic N) is 4. The van der Waals surface area contributed by atoms with Gasteiger partial charge in [-0.2, -0.15) is 5.10 Å². The smallest absolute Gasteiger partial charge is 0.272 e. The second kappa shape index (κ2) is 7.39. The molecule has 0 unspecified atom stereocenters. The van der Waals surface area contributed by atoms with E-state index in [1.54, 1.807) is 24.4 Å². The van der Waals surface area contributed by atoms with Crippen molar-refractivity contribution in [2.75, 3.05) is 25.0 Å². The molecule has 4 rings (SSSR count). The Morgan fingerprint density at radius 2 is 2.19 bits per heavy atom. The van der Waals surface area contributed by atoms with Crippen LogP contribution in [0.2, 0.25) is 0 Å². The Hall–Kier alpha value is -2.88. The number of rotatable bonds is 6. The van der Waals surface area contributed by atoms with Gasteiger partial charge in [-0.1, -0.05) is 6.07 Å². The number of nitrogens with one attached hydrogen (secondary N) is 2. The van der Waals surface area contributed by atoms with E-state index in [1.165, 1.54) is 16.8 Å². The third-order valence-corrected chi connectivity index (χ3v) is 4.20. The highest BCUT2D eigenvalue weighted by Crippen LogP contribution is 2.22. The Morgan fingerprint density at radius 1 is 1.30 bits per heavy atom. The predicted molar refractivity (Wildman–Crippen MR) is 92.9 cm³/mol. The van der Waals surface area contributed by atoms with Crippen LogP contribution >= 0.6 is 0 Å². The molecule has 0 aliphatic carbocycles. The van der Waals surface area contributed by atoms with Crippen LogP contribution in [0.15, 0.2) is 36.7 Å². The van der Waals surface area contributed by atoms with Crippen LogP contribution in [-0.2, 0) is 0 Å². The molecule has 142 valence electrons. The molecule has 0 saturated carbocycles. The molecule has 0 bridgehead atoms. The quantitative estimate of drug-likeness (QED) is 0.685. The fourth-order valence-corrected chi connectivity index (χ4v) is 2.91. The van der Waals surface area contributed by atoms with E-state index in [-0.39, 0.29) is 11.8 Å². The topological polar surface area (TPSA) is 76.4 Å². The second-order valence-corrected chi connectivity index (χ2v) is 6.14. The molecule has 0 radical (unpaired) electrons. The summed E-state index contributed by atoms with van der Waals surface area (Å²) in [5, 5.41) is 10.3. The monoisotopic (exact) mass is 378 g/mol. The zero-order chi connectivity index (χ0) is 18.8. The predicted octanol–water partition coefficient (Wildman–Crippen LogP) is 2.16. The summed E-state index contributed by atoms with van der Waals surface area (Å²) in [6.45, 7) is 0.155. The molecule has 1 fully saturated rings. The minimum atomic E-state index is -2.56. The largest absolute Gasteiger partial charge is 0.486 e. The van der Waals surface area contributed by atoms with E-state index >= 15 is 0 Å². The van der Waals surface area contributed by atoms with Crippen LogP contribution in [0.25, 0.3) is 17.0 Å². The van der Waals surface area contributed by atoms with Crippen molar-refractivity contribution in [3.63, 3.8) is 0 Å². The van der Waals surface area contributed by atoms with Crippen LogP contribution in [0.3, 0.4) is 0 Å². The van der Waals surface area contributed by atoms with Gasteiger partial charge in [0.25, 0.3) is 6.43 Å². The van der Waals surface area contributed by atoms with Gasteiger partial charge in [-0.3, -0.25) is 0 Å². The summed E-state index contributed by atoms with van der Waals surface area (Å²) in [7, 11) is 0. The number of halogens is 3. The van der Waals surface area contributed by atoms with Crippen LogP contribution in [0.1, 0.15) is 0 Å². The number of fused-ring (bicyclic) bond motifs is 1. The summed E-state index contributed by atoms with van der Waals surface area (Å²) < 4.78 is 44.8.